The SMILES string of the molecule is Cc1cc(S(=O)(=O)O)sc1CC(C)C. The van der Waals surface area contributed by atoms with Crippen LogP contribution in [0.4, 0.5) is 0 Å². The molecule has 0 aromatic carbocycles. The lowest BCUT2D eigenvalue weighted by Crippen LogP contribution is -1.93. The van der Waals surface area contributed by atoms with E-state index >= 15 is 0 Å². The van der Waals surface area contributed by atoms with E-state index in [0.29, 0.717) is 5.92 Å². The van der Waals surface area contributed by atoms with Gasteiger partial charge in [-0.05, 0) is 30.9 Å². The molecule has 0 radical (unpaired) electrons. The van der Waals surface area contributed by atoms with Crippen LogP contribution in [0.5, 0.6) is 0 Å². The molecule has 80 valence electrons. The molecule has 1 heterocycles. The van der Waals surface area contributed by atoms with Crippen LogP contribution in [0.25, 0.3) is 0 Å². The van der Waals surface area contributed by atoms with Crippen LogP contribution in [-0.2, 0) is 16.5 Å². The van der Waals surface area contributed by atoms with Gasteiger partial charge in [0.05, 0.1) is 0 Å². The van der Waals surface area contributed by atoms with Gasteiger partial charge >= 0.3 is 10.1 Å². The van der Waals surface area contributed by atoms with E-state index < -0.39 is 10.1 Å². The summed E-state index contributed by atoms with van der Waals surface area (Å²) in [6.45, 7) is 6.02. The zero-order chi connectivity index (χ0) is 10.9. The molecule has 0 saturated carbocycles. The molecular formula is C9H14O3S2. The summed E-state index contributed by atoms with van der Waals surface area (Å²) in [5.41, 5.74) is 0.941. The first-order valence-corrected chi connectivity index (χ1v) is 6.63. The second-order valence-corrected chi connectivity index (χ2v) is 6.53. The summed E-state index contributed by atoms with van der Waals surface area (Å²) >= 11 is 1.16. The topological polar surface area (TPSA) is 54.4 Å². The van der Waals surface area contributed by atoms with Crippen molar-refractivity contribution in [2.45, 2.75) is 31.4 Å². The van der Waals surface area contributed by atoms with Crippen LogP contribution < -0.4 is 0 Å². The summed E-state index contributed by atoms with van der Waals surface area (Å²) in [6.07, 6.45) is 0.853. The van der Waals surface area contributed by atoms with E-state index in [4.69, 9.17) is 4.55 Å². The Kier molecular flexibility index (Phi) is 3.34. The van der Waals surface area contributed by atoms with Crippen molar-refractivity contribution >= 4 is 21.5 Å². The number of rotatable bonds is 3. The Morgan fingerprint density at radius 3 is 2.43 bits per heavy atom. The monoisotopic (exact) mass is 234 g/mol. The molecule has 0 bridgehead atoms. The highest BCUT2D eigenvalue weighted by molar-refractivity contribution is 7.88. The fourth-order valence-corrected chi connectivity index (χ4v) is 3.35. The van der Waals surface area contributed by atoms with Gasteiger partial charge in [0, 0.05) is 4.88 Å². The van der Waals surface area contributed by atoms with Crippen molar-refractivity contribution < 1.29 is 13.0 Å². The highest BCUT2D eigenvalue weighted by Crippen LogP contribution is 2.27. The van der Waals surface area contributed by atoms with Crippen LogP contribution in [0.15, 0.2) is 10.3 Å². The normalized spacial score (nSPS) is 12.4. The second kappa shape index (κ2) is 4.00. The van der Waals surface area contributed by atoms with Crippen LogP contribution >= 0.6 is 11.3 Å². The molecule has 0 fully saturated rings. The van der Waals surface area contributed by atoms with Crippen LogP contribution in [0.1, 0.15) is 24.3 Å². The van der Waals surface area contributed by atoms with Gasteiger partial charge in [-0.15, -0.1) is 11.3 Å². The van der Waals surface area contributed by atoms with Gasteiger partial charge in [0.15, 0.2) is 0 Å². The van der Waals surface area contributed by atoms with Crippen molar-refractivity contribution in [3.05, 3.63) is 16.5 Å². The Labute approximate surface area is 88.5 Å². The molecule has 0 spiro atoms. The van der Waals surface area contributed by atoms with E-state index in [0.717, 1.165) is 28.2 Å². The lowest BCUT2D eigenvalue weighted by Gasteiger charge is -2.01. The summed E-state index contributed by atoms with van der Waals surface area (Å²) in [6, 6.07) is 1.53. The number of hydrogen-bond acceptors (Lipinski definition) is 3. The van der Waals surface area contributed by atoms with Crippen molar-refractivity contribution in [1.82, 2.24) is 0 Å². The van der Waals surface area contributed by atoms with E-state index in [1.54, 1.807) is 0 Å². The Bertz CT molecular complexity index is 415. The predicted octanol–water partition coefficient (Wildman–Crippen LogP) is 2.50. The summed E-state index contributed by atoms with van der Waals surface area (Å²) in [4.78, 5) is 1.03. The number of aryl methyl sites for hydroxylation is 1. The molecule has 1 aromatic rings. The van der Waals surface area contributed by atoms with Gasteiger partial charge in [-0.1, -0.05) is 13.8 Å². The lowest BCUT2D eigenvalue weighted by molar-refractivity contribution is 0.485. The first kappa shape index (κ1) is 11.7. The quantitative estimate of drug-likeness (QED) is 0.817. The van der Waals surface area contributed by atoms with Gasteiger partial charge in [0.2, 0.25) is 0 Å². The third kappa shape index (κ3) is 2.80. The minimum atomic E-state index is -4.02. The molecule has 0 atom stereocenters. The lowest BCUT2D eigenvalue weighted by atomic mass is 10.1. The molecule has 14 heavy (non-hydrogen) atoms. The molecule has 0 amide bonds. The van der Waals surface area contributed by atoms with Crippen LogP contribution in [0, 0.1) is 12.8 Å². The van der Waals surface area contributed by atoms with Gasteiger partial charge in [-0.3, -0.25) is 4.55 Å². The summed E-state index contributed by atoms with van der Waals surface area (Å²) < 4.78 is 30.6. The minimum Gasteiger partial charge on any atom is -0.281 e. The first-order valence-electron chi connectivity index (χ1n) is 4.37. The predicted molar refractivity (Wildman–Crippen MR) is 57.4 cm³/mol. The maximum Gasteiger partial charge on any atom is 0.304 e. The van der Waals surface area contributed by atoms with Gasteiger partial charge < -0.3 is 0 Å². The van der Waals surface area contributed by atoms with Gasteiger partial charge in [-0.25, -0.2) is 0 Å². The van der Waals surface area contributed by atoms with Crippen LogP contribution in [0.3, 0.4) is 0 Å². The van der Waals surface area contributed by atoms with Gasteiger partial charge in [0.1, 0.15) is 4.21 Å². The third-order valence-corrected chi connectivity index (χ3v) is 4.41. The molecule has 0 saturated heterocycles. The Balaban J connectivity index is 3.06. The molecule has 0 aliphatic carbocycles. The highest BCUT2D eigenvalue weighted by atomic mass is 32.3. The molecule has 0 aliphatic heterocycles. The molecule has 1 aromatic heterocycles. The number of thiophene rings is 1. The fraction of sp³-hybridized carbons (Fsp3) is 0.556. The average molecular weight is 234 g/mol. The first-order chi connectivity index (χ1) is 6.30. The Morgan fingerprint density at radius 2 is 2.07 bits per heavy atom. The van der Waals surface area contributed by atoms with Gasteiger partial charge in [0.25, 0.3) is 0 Å². The van der Waals surface area contributed by atoms with Crippen molar-refractivity contribution in [2.24, 2.45) is 5.92 Å². The van der Waals surface area contributed by atoms with E-state index in [1.165, 1.54) is 6.07 Å². The Hall–Kier alpha value is -0.390. The maximum absolute atomic E-state index is 10.9. The molecule has 0 aliphatic rings. The fourth-order valence-electron chi connectivity index (χ4n) is 1.19. The third-order valence-electron chi connectivity index (χ3n) is 1.85. The van der Waals surface area contributed by atoms with E-state index in [2.05, 4.69) is 13.8 Å². The smallest absolute Gasteiger partial charge is 0.281 e. The highest BCUT2D eigenvalue weighted by Gasteiger charge is 2.15. The van der Waals surface area contributed by atoms with E-state index in [-0.39, 0.29) is 4.21 Å². The molecule has 0 unspecified atom stereocenters. The summed E-state index contributed by atoms with van der Waals surface area (Å²) in [5, 5.41) is 0. The van der Waals surface area contributed by atoms with E-state index in [1.807, 2.05) is 6.92 Å². The summed E-state index contributed by atoms with van der Waals surface area (Å²) in [5.74, 6) is 0.488. The Morgan fingerprint density at radius 1 is 1.50 bits per heavy atom. The van der Waals surface area contributed by atoms with E-state index in [9.17, 15) is 8.42 Å². The second-order valence-electron chi connectivity index (χ2n) is 3.74. The van der Waals surface area contributed by atoms with Crippen molar-refractivity contribution in [1.29, 1.82) is 0 Å². The summed E-state index contributed by atoms with van der Waals surface area (Å²) in [7, 11) is -4.02. The van der Waals surface area contributed by atoms with Gasteiger partial charge in [-0.2, -0.15) is 8.42 Å². The maximum atomic E-state index is 10.9. The zero-order valence-corrected chi connectivity index (χ0v) is 10.1. The number of hydrogen-bond donors (Lipinski definition) is 1. The largest absolute Gasteiger partial charge is 0.304 e. The van der Waals surface area contributed by atoms with Crippen molar-refractivity contribution in [3.8, 4) is 0 Å². The average Bonchev–Trinajstić information content (AvgIpc) is 2.30. The standard InChI is InChI=1S/C9H14O3S2/c1-6(2)4-8-7(3)5-9(13-8)14(10,11)12/h5-6H,4H2,1-3H3,(H,10,11,12). The molecule has 1 N–H and O–H groups in total. The molecular weight excluding hydrogens is 220 g/mol. The minimum absolute atomic E-state index is 0.0469. The molecule has 5 heteroatoms. The zero-order valence-electron chi connectivity index (χ0n) is 8.44. The van der Waals surface area contributed by atoms with Crippen molar-refractivity contribution in [3.63, 3.8) is 0 Å². The van der Waals surface area contributed by atoms with Crippen LogP contribution in [0.2, 0.25) is 0 Å². The van der Waals surface area contributed by atoms with Crippen molar-refractivity contribution in [2.75, 3.05) is 0 Å². The molecule has 3 nitrogen and oxygen atoms in total. The van der Waals surface area contributed by atoms with Crippen LogP contribution in [-0.4, -0.2) is 13.0 Å². The molecule has 1 rings (SSSR count).